The maximum atomic E-state index is 12.5. The zero-order chi connectivity index (χ0) is 16.8. The Morgan fingerprint density at radius 1 is 1.35 bits per heavy atom. The Balaban J connectivity index is 1.57. The zero-order valence-corrected chi connectivity index (χ0v) is 14.0. The summed E-state index contributed by atoms with van der Waals surface area (Å²) in [6, 6.07) is 0.233. The number of carboxylic acids is 1. The fraction of sp³-hybridized carbons (Fsp3) is 0.647. The van der Waals surface area contributed by atoms with E-state index in [0.717, 1.165) is 26.1 Å². The van der Waals surface area contributed by atoms with E-state index >= 15 is 0 Å². The molecule has 3 rings (SSSR count). The summed E-state index contributed by atoms with van der Waals surface area (Å²) in [6.07, 6.45) is 6.05. The van der Waals surface area contributed by atoms with Crippen molar-refractivity contribution in [2.75, 3.05) is 19.6 Å². The zero-order valence-electron chi connectivity index (χ0n) is 14.0. The molecular weight excluding hydrogens is 294 g/mol. The summed E-state index contributed by atoms with van der Waals surface area (Å²) in [6.45, 7) is 8.67. The predicted octanol–water partition coefficient (Wildman–Crippen LogP) is 1.02. The van der Waals surface area contributed by atoms with Gasteiger partial charge in [-0.25, -0.2) is 4.79 Å². The van der Waals surface area contributed by atoms with Gasteiger partial charge in [0, 0.05) is 37.8 Å². The summed E-state index contributed by atoms with van der Waals surface area (Å²) in [7, 11) is 0. The van der Waals surface area contributed by atoms with E-state index in [1.165, 1.54) is 0 Å². The monoisotopic (exact) mass is 319 g/mol. The van der Waals surface area contributed by atoms with Crippen molar-refractivity contribution in [3.8, 4) is 0 Å². The van der Waals surface area contributed by atoms with Crippen LogP contribution in [-0.4, -0.2) is 58.6 Å². The van der Waals surface area contributed by atoms with Crippen LogP contribution in [0.1, 0.15) is 27.2 Å². The maximum absolute atomic E-state index is 12.5. The number of carbonyl (C=O) groups is 2. The number of carboxylic acid groups (broad SMARTS) is 1. The molecule has 1 amide bonds. The largest absolute Gasteiger partial charge is 0.478 e. The molecule has 126 valence electrons. The van der Waals surface area contributed by atoms with Crippen molar-refractivity contribution in [3.63, 3.8) is 0 Å². The Morgan fingerprint density at radius 2 is 2.04 bits per heavy atom. The Labute approximate surface area is 136 Å². The molecule has 6 nitrogen and oxygen atoms in total. The smallest absolute Gasteiger partial charge is 0.337 e. The summed E-state index contributed by atoms with van der Waals surface area (Å²) < 4.78 is 0. The van der Waals surface area contributed by atoms with Crippen LogP contribution < -0.4 is 5.32 Å². The number of nitrogens with zero attached hydrogens (tertiary/aromatic N) is 2. The third kappa shape index (κ3) is 3.13. The van der Waals surface area contributed by atoms with Crippen molar-refractivity contribution >= 4 is 11.9 Å². The lowest BCUT2D eigenvalue weighted by atomic mass is 10.1. The molecule has 0 bridgehead atoms. The third-order valence-corrected chi connectivity index (χ3v) is 5.27. The van der Waals surface area contributed by atoms with Gasteiger partial charge in [-0.3, -0.25) is 9.69 Å². The van der Waals surface area contributed by atoms with Crippen LogP contribution >= 0.6 is 0 Å². The fourth-order valence-electron chi connectivity index (χ4n) is 3.51. The van der Waals surface area contributed by atoms with Crippen molar-refractivity contribution in [2.45, 2.75) is 39.4 Å². The Hall–Kier alpha value is -1.82. The molecule has 2 N–H and O–H groups in total. The van der Waals surface area contributed by atoms with Gasteiger partial charge in [-0.1, -0.05) is 13.8 Å². The SMILES string of the molecule is C[C@@H]1CN(C(=O)[C@@H]2CC2(C)C)CCN1C1C=CC(C(=O)O)=CN1. The molecule has 0 radical (unpaired) electrons. The number of aliphatic carboxylic acids is 1. The summed E-state index contributed by atoms with van der Waals surface area (Å²) in [4.78, 5) is 27.7. The van der Waals surface area contributed by atoms with E-state index in [0.29, 0.717) is 5.91 Å². The number of piperazine rings is 1. The first-order valence-corrected chi connectivity index (χ1v) is 8.22. The number of hydrogen-bond donors (Lipinski definition) is 2. The summed E-state index contributed by atoms with van der Waals surface area (Å²) >= 11 is 0. The molecule has 0 aromatic carbocycles. The summed E-state index contributed by atoms with van der Waals surface area (Å²) in [5.41, 5.74) is 0.432. The van der Waals surface area contributed by atoms with Gasteiger partial charge >= 0.3 is 5.97 Å². The summed E-state index contributed by atoms with van der Waals surface area (Å²) in [5.74, 6) is -0.445. The Morgan fingerprint density at radius 3 is 2.52 bits per heavy atom. The van der Waals surface area contributed by atoms with Gasteiger partial charge in [-0.05, 0) is 30.9 Å². The molecule has 3 atom stereocenters. The second-order valence-electron chi connectivity index (χ2n) is 7.49. The van der Waals surface area contributed by atoms with Gasteiger partial charge in [0.05, 0.1) is 11.7 Å². The quantitative estimate of drug-likeness (QED) is 0.812. The molecule has 0 aromatic rings. The van der Waals surface area contributed by atoms with Gasteiger partial charge in [-0.15, -0.1) is 0 Å². The van der Waals surface area contributed by atoms with Crippen LogP contribution in [0.15, 0.2) is 23.9 Å². The van der Waals surface area contributed by atoms with Gasteiger partial charge in [-0.2, -0.15) is 0 Å². The molecule has 23 heavy (non-hydrogen) atoms. The highest BCUT2D eigenvalue weighted by Crippen LogP contribution is 2.52. The van der Waals surface area contributed by atoms with E-state index in [1.807, 2.05) is 11.0 Å². The third-order valence-electron chi connectivity index (χ3n) is 5.27. The lowest BCUT2D eigenvalue weighted by Crippen LogP contribution is -2.59. The normalized spacial score (nSPS) is 32.9. The van der Waals surface area contributed by atoms with Gasteiger partial charge in [0.15, 0.2) is 0 Å². The molecule has 2 fully saturated rings. The molecule has 0 aromatic heterocycles. The van der Waals surface area contributed by atoms with Gasteiger partial charge in [0.1, 0.15) is 0 Å². The molecule has 0 spiro atoms. The standard InChI is InChI=1S/C17H25N3O3/c1-11-10-19(15(21)13-8-17(13,2)3)6-7-20(11)14-5-4-12(9-18-14)16(22)23/h4-5,9,11,13-14,18H,6-8,10H2,1-3H3,(H,22,23)/t11-,13+,14?/m1/s1. The van der Waals surface area contributed by atoms with E-state index in [1.54, 1.807) is 12.3 Å². The van der Waals surface area contributed by atoms with E-state index in [-0.39, 0.29) is 29.1 Å². The lowest BCUT2D eigenvalue weighted by molar-refractivity contribution is -0.137. The molecule has 1 aliphatic carbocycles. The van der Waals surface area contributed by atoms with Crippen LogP contribution in [0.3, 0.4) is 0 Å². The van der Waals surface area contributed by atoms with Crippen LogP contribution in [0.5, 0.6) is 0 Å². The minimum Gasteiger partial charge on any atom is -0.478 e. The maximum Gasteiger partial charge on any atom is 0.337 e. The molecular formula is C17H25N3O3. The number of carbonyl (C=O) groups excluding carboxylic acids is 1. The highest BCUT2D eigenvalue weighted by atomic mass is 16.4. The highest BCUT2D eigenvalue weighted by molar-refractivity contribution is 5.90. The van der Waals surface area contributed by atoms with Crippen molar-refractivity contribution in [1.29, 1.82) is 0 Å². The van der Waals surface area contributed by atoms with Crippen molar-refractivity contribution < 1.29 is 14.7 Å². The van der Waals surface area contributed by atoms with Gasteiger partial charge < -0.3 is 15.3 Å². The van der Waals surface area contributed by atoms with E-state index < -0.39 is 5.97 Å². The van der Waals surface area contributed by atoms with E-state index in [9.17, 15) is 9.59 Å². The first-order valence-electron chi connectivity index (χ1n) is 8.22. The molecule has 2 aliphatic heterocycles. The minimum atomic E-state index is -0.928. The first-order chi connectivity index (χ1) is 10.8. The van der Waals surface area contributed by atoms with E-state index in [2.05, 4.69) is 31.0 Å². The Kier molecular flexibility index (Phi) is 3.96. The van der Waals surface area contributed by atoms with E-state index in [4.69, 9.17) is 5.11 Å². The number of amides is 1. The average Bonchev–Trinajstić information content (AvgIpc) is 3.15. The molecule has 1 unspecified atom stereocenters. The fourth-order valence-corrected chi connectivity index (χ4v) is 3.51. The van der Waals surface area contributed by atoms with Crippen molar-refractivity contribution in [3.05, 3.63) is 23.9 Å². The average molecular weight is 319 g/mol. The van der Waals surface area contributed by atoms with Crippen molar-refractivity contribution in [1.82, 2.24) is 15.1 Å². The lowest BCUT2D eigenvalue weighted by Gasteiger charge is -2.43. The topological polar surface area (TPSA) is 72.9 Å². The number of dihydropyridines is 1. The molecule has 3 aliphatic rings. The molecule has 1 saturated carbocycles. The second kappa shape index (κ2) is 5.67. The Bertz CT molecular complexity index is 582. The predicted molar refractivity (Wildman–Crippen MR) is 86.4 cm³/mol. The molecule has 1 saturated heterocycles. The van der Waals surface area contributed by atoms with Crippen LogP contribution in [0.25, 0.3) is 0 Å². The van der Waals surface area contributed by atoms with Crippen LogP contribution in [0.2, 0.25) is 0 Å². The number of rotatable bonds is 3. The van der Waals surface area contributed by atoms with Gasteiger partial charge in [0.2, 0.25) is 5.91 Å². The second-order valence-corrected chi connectivity index (χ2v) is 7.49. The van der Waals surface area contributed by atoms with Crippen LogP contribution in [0, 0.1) is 11.3 Å². The van der Waals surface area contributed by atoms with Crippen LogP contribution in [-0.2, 0) is 9.59 Å². The highest BCUT2D eigenvalue weighted by Gasteiger charge is 2.52. The first kappa shape index (κ1) is 16.1. The molecule has 2 heterocycles. The number of hydrogen-bond acceptors (Lipinski definition) is 4. The van der Waals surface area contributed by atoms with Gasteiger partial charge in [0.25, 0.3) is 0 Å². The van der Waals surface area contributed by atoms with Crippen molar-refractivity contribution in [2.24, 2.45) is 11.3 Å². The van der Waals surface area contributed by atoms with Crippen LogP contribution in [0.4, 0.5) is 0 Å². The minimum absolute atomic E-state index is 0.0114. The number of nitrogens with one attached hydrogen (secondary N) is 1. The molecule has 6 heteroatoms. The summed E-state index contributed by atoms with van der Waals surface area (Å²) in [5, 5.41) is 12.1.